The average molecular weight is 258 g/mol. The minimum Gasteiger partial charge on any atom is -0.342 e. The summed E-state index contributed by atoms with van der Waals surface area (Å²) in [6.07, 6.45) is 2.05. The Balaban J connectivity index is 2.76. The molecule has 0 aliphatic carbocycles. The molecule has 0 heterocycles. The molecule has 0 fully saturated rings. The predicted octanol–water partition coefficient (Wildman–Crippen LogP) is 3.63. The highest BCUT2D eigenvalue weighted by molar-refractivity contribution is 7.98. The van der Waals surface area contributed by atoms with Gasteiger partial charge in [-0.15, -0.1) is 11.8 Å². The lowest BCUT2D eigenvalue weighted by Gasteiger charge is -2.25. The molecule has 0 bridgehead atoms. The predicted molar refractivity (Wildman–Crippen MR) is 70.5 cm³/mol. The third kappa shape index (κ3) is 3.72. The van der Waals surface area contributed by atoms with Gasteiger partial charge in [-0.25, -0.2) is 0 Å². The van der Waals surface area contributed by atoms with E-state index in [0.29, 0.717) is 6.54 Å². The van der Waals surface area contributed by atoms with E-state index in [2.05, 4.69) is 43.4 Å². The monoisotopic (exact) mass is 257 g/mol. The van der Waals surface area contributed by atoms with Crippen molar-refractivity contribution in [3.05, 3.63) is 29.8 Å². The number of halogens is 1. The Morgan fingerprint density at radius 1 is 1.38 bits per heavy atom. The summed E-state index contributed by atoms with van der Waals surface area (Å²) in [5.74, 6) is 0. The zero-order valence-electron chi connectivity index (χ0n) is 9.71. The van der Waals surface area contributed by atoms with Gasteiger partial charge in [-0.3, -0.25) is 4.79 Å². The van der Waals surface area contributed by atoms with Crippen molar-refractivity contribution in [2.45, 2.75) is 24.2 Å². The van der Waals surface area contributed by atoms with Crippen LogP contribution in [0, 0.1) is 0 Å². The van der Waals surface area contributed by atoms with Gasteiger partial charge in [0.25, 0.3) is 0 Å². The van der Waals surface area contributed by atoms with E-state index >= 15 is 0 Å². The highest BCUT2D eigenvalue weighted by Crippen LogP contribution is 2.24. The summed E-state index contributed by atoms with van der Waals surface area (Å²) in [5, 5.41) is 2.13. The smallest absolute Gasteiger partial charge is 0.313 e. The van der Waals surface area contributed by atoms with Crippen molar-refractivity contribution in [1.29, 1.82) is 0 Å². The molecule has 0 atom stereocenters. The number of carbonyl (C=O) groups is 1. The van der Waals surface area contributed by atoms with Crippen LogP contribution in [0.3, 0.4) is 0 Å². The summed E-state index contributed by atoms with van der Waals surface area (Å²) in [4.78, 5) is 11.9. The van der Waals surface area contributed by atoms with Gasteiger partial charge in [0.15, 0.2) is 0 Å². The zero-order valence-corrected chi connectivity index (χ0v) is 11.3. The number of amides is 1. The van der Waals surface area contributed by atoms with Gasteiger partial charge in [0.1, 0.15) is 0 Å². The van der Waals surface area contributed by atoms with Crippen LogP contribution in [0.5, 0.6) is 0 Å². The van der Waals surface area contributed by atoms with Crippen molar-refractivity contribution in [3.63, 3.8) is 0 Å². The van der Waals surface area contributed by atoms with Crippen LogP contribution in [0.25, 0.3) is 0 Å². The molecule has 0 aromatic heterocycles. The van der Waals surface area contributed by atoms with Crippen molar-refractivity contribution in [2.24, 2.45) is 0 Å². The van der Waals surface area contributed by atoms with Crippen molar-refractivity contribution < 1.29 is 4.79 Å². The summed E-state index contributed by atoms with van der Waals surface area (Å²) >= 11 is 6.98. The van der Waals surface area contributed by atoms with Crippen LogP contribution in [-0.2, 0) is 5.41 Å². The number of benzene rings is 1. The lowest BCUT2D eigenvalue weighted by Crippen LogP contribution is -2.34. The maximum atomic E-state index is 10.7. The Morgan fingerprint density at radius 3 is 2.38 bits per heavy atom. The molecule has 1 aromatic rings. The van der Waals surface area contributed by atoms with Crippen molar-refractivity contribution in [2.75, 3.05) is 12.8 Å². The van der Waals surface area contributed by atoms with E-state index in [-0.39, 0.29) is 5.41 Å². The minimum atomic E-state index is -0.506. The van der Waals surface area contributed by atoms with E-state index in [1.165, 1.54) is 10.5 Å². The molecule has 1 aromatic carbocycles. The fourth-order valence-electron chi connectivity index (χ4n) is 1.43. The number of carbonyl (C=O) groups excluding carboxylic acids is 1. The van der Waals surface area contributed by atoms with E-state index in [4.69, 9.17) is 11.6 Å². The van der Waals surface area contributed by atoms with Crippen LogP contribution in [0.15, 0.2) is 29.2 Å². The third-order valence-electron chi connectivity index (χ3n) is 2.54. The second-order valence-corrected chi connectivity index (χ2v) is 5.46. The Labute approximate surface area is 106 Å². The maximum absolute atomic E-state index is 10.7. The largest absolute Gasteiger partial charge is 0.342 e. The number of thioether (sulfide) groups is 1. The van der Waals surface area contributed by atoms with Crippen LogP contribution in [0.4, 0.5) is 4.79 Å². The summed E-state index contributed by atoms with van der Waals surface area (Å²) in [5.41, 5.74) is 1.08. The first kappa shape index (κ1) is 13.4. The van der Waals surface area contributed by atoms with E-state index in [0.717, 1.165) is 0 Å². The molecule has 0 aliphatic heterocycles. The van der Waals surface area contributed by atoms with E-state index < -0.39 is 5.37 Å². The average Bonchev–Trinajstić information content (AvgIpc) is 2.27. The van der Waals surface area contributed by atoms with Crippen molar-refractivity contribution >= 4 is 28.7 Å². The quantitative estimate of drug-likeness (QED) is 0.507. The van der Waals surface area contributed by atoms with Gasteiger partial charge in [0, 0.05) is 16.9 Å². The van der Waals surface area contributed by atoms with Crippen LogP contribution in [-0.4, -0.2) is 18.2 Å². The Morgan fingerprint density at radius 2 is 1.94 bits per heavy atom. The molecule has 1 N–H and O–H groups in total. The van der Waals surface area contributed by atoms with Crippen LogP contribution >= 0.6 is 23.4 Å². The number of hydrogen-bond donors (Lipinski definition) is 1. The molecule has 1 rings (SSSR count). The lowest BCUT2D eigenvalue weighted by molar-refractivity contribution is 0.257. The summed E-state index contributed by atoms with van der Waals surface area (Å²) in [6, 6.07) is 8.35. The number of rotatable bonds is 4. The molecular weight excluding hydrogens is 242 g/mol. The molecule has 0 aliphatic rings. The topological polar surface area (TPSA) is 29.1 Å². The highest BCUT2D eigenvalue weighted by atomic mass is 35.5. The molecule has 4 heteroatoms. The van der Waals surface area contributed by atoms with Gasteiger partial charge >= 0.3 is 5.37 Å². The van der Waals surface area contributed by atoms with Gasteiger partial charge in [0.2, 0.25) is 0 Å². The van der Waals surface area contributed by atoms with Gasteiger partial charge < -0.3 is 5.32 Å². The van der Waals surface area contributed by atoms with E-state index in [9.17, 15) is 4.79 Å². The highest BCUT2D eigenvalue weighted by Gasteiger charge is 2.20. The Bertz CT molecular complexity index is 362. The van der Waals surface area contributed by atoms with Gasteiger partial charge in [0.05, 0.1) is 0 Å². The summed E-state index contributed by atoms with van der Waals surface area (Å²) in [7, 11) is 0. The maximum Gasteiger partial charge on any atom is 0.313 e. The Hall–Kier alpha value is -0.670. The fourth-order valence-corrected chi connectivity index (χ4v) is 1.91. The van der Waals surface area contributed by atoms with Crippen LogP contribution in [0.2, 0.25) is 0 Å². The van der Waals surface area contributed by atoms with E-state index in [1.54, 1.807) is 11.8 Å². The molecule has 0 saturated heterocycles. The second-order valence-electron chi connectivity index (χ2n) is 4.24. The van der Waals surface area contributed by atoms with Crippen LogP contribution in [0.1, 0.15) is 19.4 Å². The van der Waals surface area contributed by atoms with E-state index in [1.807, 2.05) is 6.26 Å². The molecule has 0 radical (unpaired) electrons. The third-order valence-corrected chi connectivity index (χ3v) is 3.42. The fraction of sp³-hybridized carbons (Fsp3) is 0.417. The SMILES string of the molecule is CSc1ccc(C(C)(C)CNC(=O)Cl)cc1. The number of nitrogens with one attached hydrogen (secondary N) is 1. The standard InChI is InChI=1S/C12H16ClNOS/c1-12(2,8-14-11(13)15)9-4-6-10(16-3)7-5-9/h4-7H,8H2,1-3H3,(H,14,15). The van der Waals surface area contributed by atoms with Gasteiger partial charge in [-0.05, 0) is 35.6 Å². The molecule has 0 unspecified atom stereocenters. The molecular formula is C12H16ClNOS. The number of hydrogen-bond acceptors (Lipinski definition) is 2. The minimum absolute atomic E-state index is 0.110. The molecule has 16 heavy (non-hydrogen) atoms. The zero-order chi connectivity index (χ0) is 12.2. The van der Waals surface area contributed by atoms with Crippen LogP contribution < -0.4 is 5.32 Å². The van der Waals surface area contributed by atoms with Gasteiger partial charge in [-0.2, -0.15) is 0 Å². The van der Waals surface area contributed by atoms with Crippen molar-refractivity contribution in [3.8, 4) is 0 Å². The van der Waals surface area contributed by atoms with Gasteiger partial charge in [-0.1, -0.05) is 26.0 Å². The second kappa shape index (κ2) is 5.60. The molecule has 88 valence electrons. The molecule has 2 nitrogen and oxygen atoms in total. The summed E-state index contributed by atoms with van der Waals surface area (Å²) in [6.45, 7) is 4.69. The Kier molecular flexibility index (Phi) is 4.69. The lowest BCUT2D eigenvalue weighted by atomic mass is 9.85. The molecule has 0 spiro atoms. The first-order valence-electron chi connectivity index (χ1n) is 5.03. The normalized spacial score (nSPS) is 11.2. The first-order chi connectivity index (χ1) is 7.45. The summed E-state index contributed by atoms with van der Waals surface area (Å²) < 4.78 is 0. The molecule has 1 amide bonds. The first-order valence-corrected chi connectivity index (χ1v) is 6.64. The van der Waals surface area contributed by atoms with Crippen molar-refractivity contribution in [1.82, 2.24) is 5.32 Å². The molecule has 0 saturated carbocycles.